The summed E-state index contributed by atoms with van der Waals surface area (Å²) in [6, 6.07) is 10.9. The van der Waals surface area contributed by atoms with Crippen LogP contribution in [0.5, 0.6) is 0 Å². The van der Waals surface area contributed by atoms with E-state index in [1.165, 1.54) is 44.1 Å². The molecule has 0 radical (unpaired) electrons. The summed E-state index contributed by atoms with van der Waals surface area (Å²) >= 11 is 0. The molecule has 1 saturated heterocycles. The molecule has 1 aromatic rings. The Kier molecular flexibility index (Phi) is 9.37. The lowest BCUT2D eigenvalue weighted by Gasteiger charge is -2.33. The van der Waals surface area contributed by atoms with Crippen molar-refractivity contribution in [3.63, 3.8) is 0 Å². The fourth-order valence-electron chi connectivity index (χ4n) is 4.73. The number of carbonyl (C=O) groups is 2. The molecular formula is C25H40NO2+. The molecule has 1 aliphatic heterocycles. The molecule has 0 bridgehead atoms. The average molecular weight is 387 g/mol. The Morgan fingerprint density at radius 3 is 2.29 bits per heavy atom. The molecule has 0 aromatic heterocycles. The van der Waals surface area contributed by atoms with Crippen LogP contribution >= 0.6 is 0 Å². The van der Waals surface area contributed by atoms with Gasteiger partial charge >= 0.3 is 12.3 Å². The van der Waals surface area contributed by atoms with Crippen molar-refractivity contribution in [2.45, 2.75) is 91.0 Å². The number of hydrogen-bond acceptors (Lipinski definition) is 2. The van der Waals surface area contributed by atoms with Gasteiger partial charge in [0.15, 0.2) is 0 Å². The molecule has 2 unspecified atom stereocenters. The summed E-state index contributed by atoms with van der Waals surface area (Å²) in [5.41, 5.74) is 1.43. The van der Waals surface area contributed by atoms with Crippen LogP contribution in [0.2, 0.25) is 0 Å². The predicted molar refractivity (Wildman–Crippen MR) is 116 cm³/mol. The smallest absolute Gasteiger partial charge is 0.233 e. The van der Waals surface area contributed by atoms with Crippen molar-refractivity contribution in [1.29, 1.82) is 0 Å². The summed E-state index contributed by atoms with van der Waals surface area (Å²) in [4.78, 5) is 25.1. The lowest BCUT2D eigenvalue weighted by Crippen LogP contribution is -2.57. The molecule has 1 fully saturated rings. The number of unbranched alkanes of at least 4 members (excludes halogenated alkanes) is 5. The highest BCUT2D eigenvalue weighted by Gasteiger charge is 2.49. The largest absolute Gasteiger partial charge is 0.324 e. The summed E-state index contributed by atoms with van der Waals surface area (Å²) < 4.78 is 0.0718. The van der Waals surface area contributed by atoms with Crippen LogP contribution in [0.3, 0.4) is 0 Å². The molecule has 0 N–H and O–H groups in total. The van der Waals surface area contributed by atoms with Gasteiger partial charge in [0.2, 0.25) is 0 Å². The van der Waals surface area contributed by atoms with Crippen molar-refractivity contribution >= 4 is 12.3 Å². The Bertz CT molecular complexity index is 598. The van der Waals surface area contributed by atoms with Gasteiger partial charge in [-0.15, -0.1) is 0 Å². The molecule has 1 aliphatic rings. The van der Waals surface area contributed by atoms with Gasteiger partial charge < -0.3 is 0 Å². The van der Waals surface area contributed by atoms with E-state index in [4.69, 9.17) is 0 Å². The summed E-state index contributed by atoms with van der Waals surface area (Å²) in [7, 11) is 0. The number of likely N-dealkylation sites (tertiary alicyclic amines) is 1. The van der Waals surface area contributed by atoms with Crippen molar-refractivity contribution in [3.8, 4) is 0 Å². The number of amides is 2. The minimum absolute atomic E-state index is 0.0174. The number of nitrogens with zero attached hydrogens (tertiary/aromatic N) is 1. The Hall–Kier alpha value is -1.48. The zero-order valence-electron chi connectivity index (χ0n) is 18.2. The van der Waals surface area contributed by atoms with Gasteiger partial charge in [-0.2, -0.15) is 4.48 Å². The maximum absolute atomic E-state index is 13.2. The number of imide groups is 1. The Morgan fingerprint density at radius 2 is 1.71 bits per heavy atom. The normalized spacial score (nSPS) is 23.1. The number of carbonyl (C=O) groups excluding carboxylic acids is 2. The highest BCUT2D eigenvalue weighted by Crippen LogP contribution is 2.32. The van der Waals surface area contributed by atoms with Crippen LogP contribution in [0.15, 0.2) is 30.3 Å². The first-order chi connectivity index (χ1) is 13.5. The second kappa shape index (κ2) is 11.5. The standard InChI is InChI=1S/C25H40NO2/c1-21(2)24(25(28)26(20-27)19-13-14-22(26)3)18-12-7-5-4-6-9-15-23-16-10-8-11-17-23/h8,10-11,16-17,20-22,24H,4-7,9,12-15,18-19H2,1-3H3/q+1/t22-,24?,26?/m1/s1. The quantitative estimate of drug-likeness (QED) is 0.254. The molecule has 156 valence electrons. The molecule has 2 rings (SSSR count). The zero-order valence-corrected chi connectivity index (χ0v) is 18.2. The minimum Gasteiger partial charge on any atom is -0.233 e. The summed E-state index contributed by atoms with van der Waals surface area (Å²) in [5.74, 6) is 0.503. The van der Waals surface area contributed by atoms with Crippen LogP contribution in [-0.4, -0.2) is 29.4 Å². The van der Waals surface area contributed by atoms with Gasteiger partial charge in [-0.3, -0.25) is 0 Å². The van der Waals surface area contributed by atoms with Crippen molar-refractivity contribution in [2.24, 2.45) is 11.8 Å². The molecule has 28 heavy (non-hydrogen) atoms. The Labute approximate surface area is 172 Å². The topological polar surface area (TPSA) is 34.1 Å². The van der Waals surface area contributed by atoms with E-state index < -0.39 is 0 Å². The molecule has 1 aromatic carbocycles. The van der Waals surface area contributed by atoms with E-state index in [1.54, 1.807) is 0 Å². The van der Waals surface area contributed by atoms with Crippen LogP contribution in [-0.2, 0) is 16.0 Å². The van der Waals surface area contributed by atoms with E-state index in [9.17, 15) is 9.59 Å². The predicted octanol–water partition coefficient (Wildman–Crippen LogP) is 5.91. The third-order valence-electron chi connectivity index (χ3n) is 6.73. The SMILES string of the molecule is CC(C)C(CCCCCCCCc1ccccc1)C(=O)[N+]1(C=O)CCC[C@H]1C. The first-order valence-corrected chi connectivity index (χ1v) is 11.4. The number of rotatable bonds is 12. The summed E-state index contributed by atoms with van der Waals surface area (Å²) in [6.07, 6.45) is 12.4. The molecule has 0 saturated carbocycles. The van der Waals surface area contributed by atoms with Crippen molar-refractivity contribution in [1.82, 2.24) is 0 Å². The van der Waals surface area contributed by atoms with Crippen molar-refractivity contribution in [2.75, 3.05) is 6.54 Å². The van der Waals surface area contributed by atoms with Gasteiger partial charge in [-0.25, -0.2) is 9.59 Å². The average Bonchev–Trinajstić information content (AvgIpc) is 3.08. The minimum atomic E-state index is 0.0174. The Morgan fingerprint density at radius 1 is 1.07 bits per heavy atom. The summed E-state index contributed by atoms with van der Waals surface area (Å²) in [5, 5.41) is 0. The van der Waals surface area contributed by atoms with Gasteiger partial charge in [-0.1, -0.05) is 76.3 Å². The number of quaternary nitrogens is 1. The van der Waals surface area contributed by atoms with E-state index in [-0.39, 0.29) is 22.3 Å². The lowest BCUT2D eigenvalue weighted by molar-refractivity contribution is -0.782. The first-order valence-electron chi connectivity index (χ1n) is 11.4. The zero-order chi connectivity index (χ0) is 20.4. The lowest BCUT2D eigenvalue weighted by atomic mass is 9.87. The monoisotopic (exact) mass is 386 g/mol. The van der Waals surface area contributed by atoms with Crippen LogP contribution < -0.4 is 0 Å². The third-order valence-corrected chi connectivity index (χ3v) is 6.73. The van der Waals surface area contributed by atoms with Gasteiger partial charge in [0, 0.05) is 12.8 Å². The molecule has 2 amide bonds. The number of aryl methyl sites for hydroxylation is 1. The maximum atomic E-state index is 13.2. The second-order valence-electron chi connectivity index (χ2n) is 9.09. The molecule has 1 heterocycles. The molecular weight excluding hydrogens is 346 g/mol. The second-order valence-corrected chi connectivity index (χ2v) is 9.09. The van der Waals surface area contributed by atoms with E-state index in [2.05, 4.69) is 51.1 Å². The number of benzene rings is 1. The van der Waals surface area contributed by atoms with Crippen molar-refractivity contribution < 1.29 is 14.1 Å². The first kappa shape index (κ1) is 22.8. The highest BCUT2D eigenvalue weighted by molar-refractivity contribution is 5.78. The maximum Gasteiger partial charge on any atom is 0.324 e. The molecule has 3 atom stereocenters. The fraction of sp³-hybridized carbons (Fsp3) is 0.680. The van der Waals surface area contributed by atoms with E-state index in [0.717, 1.165) is 32.1 Å². The molecule has 3 nitrogen and oxygen atoms in total. The summed E-state index contributed by atoms with van der Waals surface area (Å²) in [6.45, 7) is 7.03. The molecule has 0 aliphatic carbocycles. The Balaban J connectivity index is 1.67. The van der Waals surface area contributed by atoms with Gasteiger partial charge in [-0.05, 0) is 37.7 Å². The van der Waals surface area contributed by atoms with Gasteiger partial charge in [0.1, 0.15) is 6.04 Å². The van der Waals surface area contributed by atoms with Crippen molar-refractivity contribution in [3.05, 3.63) is 35.9 Å². The molecule has 3 heteroatoms. The fourth-order valence-corrected chi connectivity index (χ4v) is 4.73. The highest BCUT2D eigenvalue weighted by atomic mass is 16.2. The van der Waals surface area contributed by atoms with E-state index in [0.29, 0.717) is 12.5 Å². The van der Waals surface area contributed by atoms with Crippen LogP contribution in [0.4, 0.5) is 0 Å². The van der Waals surface area contributed by atoms with Crippen LogP contribution in [0, 0.1) is 11.8 Å². The van der Waals surface area contributed by atoms with E-state index >= 15 is 0 Å². The van der Waals surface area contributed by atoms with Gasteiger partial charge in [0.05, 0.1) is 12.5 Å². The molecule has 0 spiro atoms. The van der Waals surface area contributed by atoms with E-state index in [1.807, 2.05) is 0 Å². The third kappa shape index (κ3) is 6.01. The van der Waals surface area contributed by atoms with Gasteiger partial charge in [0.25, 0.3) is 0 Å². The van der Waals surface area contributed by atoms with Crippen LogP contribution in [0.25, 0.3) is 0 Å². The number of hydrogen-bond donors (Lipinski definition) is 0. The van der Waals surface area contributed by atoms with Crippen LogP contribution in [0.1, 0.15) is 84.1 Å².